The molecule has 1 heterocycles. The number of amides is 2. The minimum atomic E-state index is -1.13. The molecule has 0 saturated carbocycles. The normalized spacial score (nSPS) is 14.0. The van der Waals surface area contributed by atoms with Crippen molar-refractivity contribution >= 4 is 23.4 Å². The highest BCUT2D eigenvalue weighted by molar-refractivity contribution is 6.05. The van der Waals surface area contributed by atoms with E-state index in [2.05, 4.69) is 11.4 Å². The van der Waals surface area contributed by atoms with Crippen molar-refractivity contribution in [3.05, 3.63) is 59.2 Å². The smallest absolute Gasteiger partial charge is 0.410 e. The van der Waals surface area contributed by atoms with Crippen molar-refractivity contribution in [2.45, 2.75) is 26.4 Å². The third-order valence-electron chi connectivity index (χ3n) is 4.86. The second-order valence-corrected chi connectivity index (χ2v) is 8.35. The predicted molar refractivity (Wildman–Crippen MR) is 115 cm³/mol. The Labute approximate surface area is 185 Å². The Kier molecular flexibility index (Phi) is 6.63. The minimum absolute atomic E-state index is 0.0656. The number of halogens is 2. The van der Waals surface area contributed by atoms with Crippen molar-refractivity contribution < 1.29 is 23.1 Å². The molecular formula is C23H24F2N4O3. The van der Waals surface area contributed by atoms with Crippen molar-refractivity contribution in [1.29, 1.82) is 5.26 Å². The number of carbonyl (C=O) groups is 2. The first-order valence-electron chi connectivity index (χ1n) is 10.1. The molecule has 0 radical (unpaired) electrons. The van der Waals surface area contributed by atoms with Crippen LogP contribution < -0.4 is 10.2 Å². The molecule has 0 atom stereocenters. The van der Waals surface area contributed by atoms with Crippen LogP contribution in [0.5, 0.6) is 0 Å². The summed E-state index contributed by atoms with van der Waals surface area (Å²) in [6.07, 6.45) is -0.384. The fraction of sp³-hybridized carbons (Fsp3) is 0.348. The average molecular weight is 442 g/mol. The standard InChI is InChI=1S/C23H24F2N4O3/c1-23(2,3)32-22(31)29-11-9-28(10-12-29)20-6-4-5-19(16(20)14-26)27-21(30)15-7-8-17(24)18(25)13-15/h4-8,13H,9-12H2,1-3H3,(H,27,30). The van der Waals surface area contributed by atoms with Gasteiger partial charge in [-0.2, -0.15) is 5.26 Å². The summed E-state index contributed by atoms with van der Waals surface area (Å²) in [5.41, 5.74) is 0.467. The first kappa shape index (κ1) is 23.0. The molecule has 32 heavy (non-hydrogen) atoms. The number of nitriles is 1. The molecular weight excluding hydrogens is 418 g/mol. The lowest BCUT2D eigenvalue weighted by Gasteiger charge is -2.37. The summed E-state index contributed by atoms with van der Waals surface area (Å²) in [6.45, 7) is 7.22. The highest BCUT2D eigenvalue weighted by Gasteiger charge is 2.27. The maximum Gasteiger partial charge on any atom is 0.410 e. The van der Waals surface area contributed by atoms with E-state index in [1.54, 1.807) is 43.9 Å². The zero-order valence-electron chi connectivity index (χ0n) is 18.1. The van der Waals surface area contributed by atoms with E-state index in [-0.39, 0.29) is 22.9 Å². The van der Waals surface area contributed by atoms with Crippen LogP contribution in [0.4, 0.5) is 25.0 Å². The van der Waals surface area contributed by atoms with Crippen LogP contribution in [-0.2, 0) is 4.74 Å². The molecule has 2 aromatic rings. The number of benzene rings is 2. The van der Waals surface area contributed by atoms with E-state index < -0.39 is 23.1 Å². The van der Waals surface area contributed by atoms with E-state index >= 15 is 0 Å². The number of hydrogen-bond acceptors (Lipinski definition) is 5. The van der Waals surface area contributed by atoms with E-state index in [4.69, 9.17) is 4.74 Å². The highest BCUT2D eigenvalue weighted by Crippen LogP contribution is 2.28. The molecule has 2 aromatic carbocycles. The molecule has 0 aromatic heterocycles. The molecule has 0 aliphatic carbocycles. The molecule has 9 heteroatoms. The van der Waals surface area contributed by atoms with Crippen molar-refractivity contribution in [3.63, 3.8) is 0 Å². The van der Waals surface area contributed by atoms with Crippen LogP contribution in [0.1, 0.15) is 36.7 Å². The van der Waals surface area contributed by atoms with E-state index in [1.807, 2.05) is 4.90 Å². The first-order valence-corrected chi connectivity index (χ1v) is 10.1. The number of rotatable bonds is 3. The van der Waals surface area contributed by atoms with Crippen LogP contribution in [0.25, 0.3) is 0 Å². The Morgan fingerprint density at radius 1 is 1.06 bits per heavy atom. The van der Waals surface area contributed by atoms with Crippen LogP contribution in [-0.4, -0.2) is 48.7 Å². The van der Waals surface area contributed by atoms with Gasteiger partial charge in [-0.15, -0.1) is 0 Å². The van der Waals surface area contributed by atoms with E-state index in [9.17, 15) is 23.6 Å². The lowest BCUT2D eigenvalue weighted by molar-refractivity contribution is 0.0240. The second-order valence-electron chi connectivity index (χ2n) is 8.35. The number of ether oxygens (including phenoxy) is 1. The van der Waals surface area contributed by atoms with Crippen LogP contribution in [0.15, 0.2) is 36.4 Å². The number of nitrogens with one attached hydrogen (secondary N) is 1. The summed E-state index contributed by atoms with van der Waals surface area (Å²) < 4.78 is 32.0. The van der Waals surface area contributed by atoms with Crippen molar-refractivity contribution in [2.75, 3.05) is 36.4 Å². The average Bonchev–Trinajstić information content (AvgIpc) is 2.74. The Hall–Kier alpha value is -3.67. The van der Waals surface area contributed by atoms with Gasteiger partial charge in [0.15, 0.2) is 11.6 Å². The molecule has 0 bridgehead atoms. The maximum atomic E-state index is 13.5. The molecule has 1 N–H and O–H groups in total. The summed E-state index contributed by atoms with van der Waals surface area (Å²) >= 11 is 0. The van der Waals surface area contributed by atoms with Crippen LogP contribution in [0.3, 0.4) is 0 Å². The Morgan fingerprint density at radius 3 is 2.34 bits per heavy atom. The number of nitrogens with zero attached hydrogens (tertiary/aromatic N) is 3. The van der Waals surface area contributed by atoms with Gasteiger partial charge in [0.25, 0.3) is 5.91 Å². The zero-order chi connectivity index (χ0) is 23.5. The van der Waals surface area contributed by atoms with E-state index in [0.29, 0.717) is 31.9 Å². The summed E-state index contributed by atoms with van der Waals surface area (Å²) in [6, 6.07) is 9.96. The van der Waals surface area contributed by atoms with Gasteiger partial charge in [-0.1, -0.05) is 6.07 Å². The molecule has 1 aliphatic rings. The molecule has 2 amide bonds. The van der Waals surface area contributed by atoms with Crippen molar-refractivity contribution in [1.82, 2.24) is 4.90 Å². The lowest BCUT2D eigenvalue weighted by Crippen LogP contribution is -2.50. The van der Waals surface area contributed by atoms with E-state index in [0.717, 1.165) is 12.1 Å². The van der Waals surface area contributed by atoms with Gasteiger partial charge >= 0.3 is 6.09 Å². The number of carbonyl (C=O) groups excluding carboxylic acids is 2. The SMILES string of the molecule is CC(C)(C)OC(=O)N1CCN(c2cccc(NC(=O)c3ccc(F)c(F)c3)c2C#N)CC1. The van der Waals surface area contributed by atoms with Gasteiger partial charge in [0.05, 0.1) is 16.9 Å². The summed E-state index contributed by atoms with van der Waals surface area (Å²) in [7, 11) is 0. The number of anilines is 2. The lowest BCUT2D eigenvalue weighted by atomic mass is 10.1. The predicted octanol–water partition coefficient (Wildman–Crippen LogP) is 4.15. The van der Waals surface area contributed by atoms with Gasteiger partial charge in [-0.05, 0) is 51.1 Å². The second kappa shape index (κ2) is 9.22. The molecule has 1 aliphatic heterocycles. The fourth-order valence-corrected chi connectivity index (χ4v) is 3.31. The Bertz CT molecular complexity index is 1070. The maximum absolute atomic E-state index is 13.5. The van der Waals surface area contributed by atoms with Crippen LogP contribution >= 0.6 is 0 Å². The fourth-order valence-electron chi connectivity index (χ4n) is 3.31. The van der Waals surface area contributed by atoms with Gasteiger partial charge in [0, 0.05) is 31.7 Å². The number of piperazine rings is 1. The molecule has 168 valence electrons. The minimum Gasteiger partial charge on any atom is -0.444 e. The first-order chi connectivity index (χ1) is 15.1. The Morgan fingerprint density at radius 2 is 1.75 bits per heavy atom. The number of hydrogen-bond donors (Lipinski definition) is 1. The largest absolute Gasteiger partial charge is 0.444 e. The third kappa shape index (κ3) is 5.32. The van der Waals surface area contributed by atoms with Crippen molar-refractivity contribution in [3.8, 4) is 6.07 Å². The van der Waals surface area contributed by atoms with Gasteiger partial charge in [0.1, 0.15) is 11.7 Å². The van der Waals surface area contributed by atoms with E-state index in [1.165, 1.54) is 6.07 Å². The van der Waals surface area contributed by atoms with Crippen LogP contribution in [0, 0.1) is 23.0 Å². The summed E-state index contributed by atoms with van der Waals surface area (Å²) in [5, 5.41) is 12.3. The molecule has 0 spiro atoms. The molecule has 3 rings (SSSR count). The monoisotopic (exact) mass is 442 g/mol. The van der Waals surface area contributed by atoms with Gasteiger partial charge in [-0.25, -0.2) is 13.6 Å². The third-order valence-corrected chi connectivity index (χ3v) is 4.86. The zero-order valence-corrected chi connectivity index (χ0v) is 18.1. The molecule has 0 unspecified atom stereocenters. The van der Waals surface area contributed by atoms with Crippen LogP contribution in [0.2, 0.25) is 0 Å². The Balaban J connectivity index is 1.74. The van der Waals surface area contributed by atoms with Gasteiger partial charge in [0.2, 0.25) is 0 Å². The molecule has 7 nitrogen and oxygen atoms in total. The highest BCUT2D eigenvalue weighted by atomic mass is 19.2. The molecule has 1 fully saturated rings. The summed E-state index contributed by atoms with van der Waals surface area (Å²) in [5.74, 6) is -2.84. The summed E-state index contributed by atoms with van der Waals surface area (Å²) in [4.78, 5) is 28.3. The topological polar surface area (TPSA) is 85.7 Å². The molecule has 1 saturated heterocycles. The quantitative estimate of drug-likeness (QED) is 0.772. The van der Waals surface area contributed by atoms with Gasteiger partial charge in [-0.3, -0.25) is 4.79 Å². The van der Waals surface area contributed by atoms with Gasteiger partial charge < -0.3 is 19.9 Å². The van der Waals surface area contributed by atoms with Crippen molar-refractivity contribution in [2.24, 2.45) is 0 Å².